The second kappa shape index (κ2) is 6.58. The molecule has 0 aliphatic carbocycles. The van der Waals surface area contributed by atoms with Crippen LogP contribution in [-0.2, 0) is 6.54 Å². The van der Waals surface area contributed by atoms with E-state index in [1.54, 1.807) is 6.20 Å². The monoisotopic (exact) mass is 210 g/mol. The minimum atomic E-state index is 0.572. The van der Waals surface area contributed by atoms with Crippen molar-refractivity contribution >= 4 is 0 Å². The van der Waals surface area contributed by atoms with E-state index < -0.39 is 0 Å². The summed E-state index contributed by atoms with van der Waals surface area (Å²) in [6, 6.07) is 1.94. The predicted octanol–water partition coefficient (Wildman–Crippen LogP) is 0.704. The first-order valence-electron chi connectivity index (χ1n) is 5.62. The van der Waals surface area contributed by atoms with Gasteiger partial charge in [0, 0.05) is 18.9 Å². The van der Waals surface area contributed by atoms with Gasteiger partial charge in [-0.1, -0.05) is 13.8 Å². The quantitative estimate of drug-likeness (QED) is 0.651. The van der Waals surface area contributed by atoms with Gasteiger partial charge in [0.2, 0.25) is 0 Å². The van der Waals surface area contributed by atoms with Crippen LogP contribution in [-0.4, -0.2) is 29.4 Å². The maximum absolute atomic E-state index is 5.69. The van der Waals surface area contributed by atoms with Gasteiger partial charge in [0.1, 0.15) is 0 Å². The zero-order valence-electron chi connectivity index (χ0n) is 9.69. The molecule has 0 fully saturated rings. The summed E-state index contributed by atoms with van der Waals surface area (Å²) in [5.74, 6) is 1.22. The third kappa shape index (κ3) is 4.44. The van der Waals surface area contributed by atoms with Crippen molar-refractivity contribution in [3.8, 4) is 0 Å². The van der Waals surface area contributed by atoms with E-state index in [1.165, 1.54) is 0 Å². The van der Waals surface area contributed by atoms with Gasteiger partial charge in [0.05, 0.1) is 6.54 Å². The molecule has 4 heteroatoms. The molecule has 0 saturated heterocycles. The molecule has 0 aliphatic heterocycles. The van der Waals surface area contributed by atoms with Crippen molar-refractivity contribution in [2.45, 2.75) is 20.4 Å². The number of hydrogen-bond donors (Lipinski definition) is 2. The van der Waals surface area contributed by atoms with Crippen LogP contribution in [0.3, 0.4) is 0 Å². The van der Waals surface area contributed by atoms with Crippen molar-refractivity contribution < 1.29 is 0 Å². The number of rotatable bonds is 7. The van der Waals surface area contributed by atoms with E-state index in [4.69, 9.17) is 5.73 Å². The molecule has 0 saturated carbocycles. The molecule has 1 aromatic heterocycles. The Hall–Kier alpha value is -0.870. The maximum atomic E-state index is 5.69. The highest BCUT2D eigenvalue weighted by molar-refractivity contribution is 4.77. The van der Waals surface area contributed by atoms with Crippen LogP contribution in [0.5, 0.6) is 0 Å². The van der Waals surface area contributed by atoms with Crippen molar-refractivity contribution in [3.05, 3.63) is 18.5 Å². The summed E-state index contributed by atoms with van der Waals surface area (Å²) in [5.41, 5.74) is 5.69. The molecule has 1 rings (SSSR count). The lowest BCUT2D eigenvalue weighted by Gasteiger charge is -2.19. The van der Waals surface area contributed by atoms with E-state index in [1.807, 2.05) is 16.9 Å². The molecule has 15 heavy (non-hydrogen) atoms. The minimum absolute atomic E-state index is 0.572. The van der Waals surface area contributed by atoms with Crippen molar-refractivity contribution in [1.29, 1.82) is 0 Å². The van der Waals surface area contributed by atoms with Gasteiger partial charge >= 0.3 is 0 Å². The molecule has 0 amide bonds. The molecule has 1 aromatic rings. The van der Waals surface area contributed by atoms with E-state index in [2.05, 4.69) is 24.3 Å². The summed E-state index contributed by atoms with van der Waals surface area (Å²) in [4.78, 5) is 0. The van der Waals surface area contributed by atoms with E-state index in [9.17, 15) is 0 Å². The summed E-state index contributed by atoms with van der Waals surface area (Å²) in [5, 5.41) is 7.56. The Bertz CT molecular complexity index is 243. The van der Waals surface area contributed by atoms with Crippen molar-refractivity contribution in [1.82, 2.24) is 15.1 Å². The van der Waals surface area contributed by atoms with Crippen LogP contribution in [0, 0.1) is 11.8 Å². The molecule has 0 aliphatic rings. The van der Waals surface area contributed by atoms with Gasteiger partial charge < -0.3 is 11.1 Å². The lowest BCUT2D eigenvalue weighted by Crippen LogP contribution is -2.33. The fraction of sp³-hybridized carbons (Fsp3) is 0.727. The third-order valence-corrected chi connectivity index (χ3v) is 2.73. The van der Waals surface area contributed by atoms with Gasteiger partial charge in [-0.15, -0.1) is 0 Å². The molecule has 1 atom stereocenters. The van der Waals surface area contributed by atoms with E-state index >= 15 is 0 Å². The van der Waals surface area contributed by atoms with E-state index in [0.717, 1.165) is 26.2 Å². The summed E-state index contributed by atoms with van der Waals surface area (Å²) < 4.78 is 1.93. The van der Waals surface area contributed by atoms with Gasteiger partial charge in [-0.3, -0.25) is 4.68 Å². The van der Waals surface area contributed by atoms with Gasteiger partial charge in [-0.05, 0) is 31.0 Å². The minimum Gasteiger partial charge on any atom is -0.330 e. The van der Waals surface area contributed by atoms with Crippen molar-refractivity contribution in [2.75, 3.05) is 19.6 Å². The van der Waals surface area contributed by atoms with Crippen LogP contribution in [0.25, 0.3) is 0 Å². The highest BCUT2D eigenvalue weighted by Crippen LogP contribution is 2.06. The molecule has 0 aromatic carbocycles. The van der Waals surface area contributed by atoms with Crippen LogP contribution in [0.2, 0.25) is 0 Å². The predicted molar refractivity (Wildman–Crippen MR) is 62.5 cm³/mol. The second-order valence-corrected chi connectivity index (χ2v) is 4.21. The van der Waals surface area contributed by atoms with Gasteiger partial charge in [-0.2, -0.15) is 5.10 Å². The molecule has 86 valence electrons. The second-order valence-electron chi connectivity index (χ2n) is 4.21. The zero-order chi connectivity index (χ0) is 11.1. The van der Waals surface area contributed by atoms with E-state index in [0.29, 0.717) is 11.8 Å². The average Bonchev–Trinajstić information content (AvgIpc) is 2.70. The van der Waals surface area contributed by atoms with Gasteiger partial charge in [-0.25, -0.2) is 0 Å². The summed E-state index contributed by atoms with van der Waals surface area (Å²) in [6.07, 6.45) is 3.78. The van der Waals surface area contributed by atoms with Gasteiger partial charge in [0.25, 0.3) is 0 Å². The normalized spacial score (nSPS) is 13.3. The summed E-state index contributed by atoms with van der Waals surface area (Å²) in [7, 11) is 0. The van der Waals surface area contributed by atoms with Crippen molar-refractivity contribution in [3.63, 3.8) is 0 Å². The molecular formula is C11H22N4. The van der Waals surface area contributed by atoms with Crippen LogP contribution in [0.15, 0.2) is 18.5 Å². The Kier molecular flexibility index (Phi) is 5.36. The van der Waals surface area contributed by atoms with E-state index in [-0.39, 0.29) is 0 Å². The largest absolute Gasteiger partial charge is 0.330 e. The standard InChI is InChI=1S/C11H22N4/c1-10(2)11(8-12)9-13-5-7-15-6-3-4-14-15/h3-4,6,10-11,13H,5,7-9,12H2,1-2H3. The van der Waals surface area contributed by atoms with Crippen LogP contribution < -0.4 is 11.1 Å². The highest BCUT2D eigenvalue weighted by Gasteiger charge is 2.09. The van der Waals surface area contributed by atoms with Crippen LogP contribution in [0.1, 0.15) is 13.8 Å². The molecule has 3 N–H and O–H groups in total. The summed E-state index contributed by atoms with van der Waals surface area (Å²) >= 11 is 0. The molecule has 1 unspecified atom stereocenters. The number of nitrogens with zero attached hydrogens (tertiary/aromatic N) is 2. The molecule has 0 radical (unpaired) electrons. The van der Waals surface area contributed by atoms with Crippen LogP contribution in [0.4, 0.5) is 0 Å². The molecule has 4 nitrogen and oxygen atoms in total. The highest BCUT2D eigenvalue weighted by atomic mass is 15.3. The molecule has 0 spiro atoms. The lowest BCUT2D eigenvalue weighted by molar-refractivity contribution is 0.366. The number of hydrogen-bond acceptors (Lipinski definition) is 3. The topological polar surface area (TPSA) is 55.9 Å². The van der Waals surface area contributed by atoms with Crippen LogP contribution >= 0.6 is 0 Å². The number of nitrogens with one attached hydrogen (secondary N) is 1. The Labute approximate surface area is 91.8 Å². The first-order valence-corrected chi connectivity index (χ1v) is 5.62. The lowest BCUT2D eigenvalue weighted by atomic mass is 9.96. The fourth-order valence-corrected chi connectivity index (χ4v) is 1.50. The molecule has 1 heterocycles. The Morgan fingerprint density at radius 1 is 1.47 bits per heavy atom. The summed E-state index contributed by atoms with van der Waals surface area (Å²) in [6.45, 7) is 8.05. The first-order chi connectivity index (χ1) is 7.24. The maximum Gasteiger partial charge on any atom is 0.0533 e. The third-order valence-electron chi connectivity index (χ3n) is 2.73. The Morgan fingerprint density at radius 3 is 2.80 bits per heavy atom. The number of nitrogens with two attached hydrogens (primary N) is 1. The first kappa shape index (κ1) is 12.2. The fourth-order valence-electron chi connectivity index (χ4n) is 1.50. The average molecular weight is 210 g/mol. The SMILES string of the molecule is CC(C)C(CN)CNCCn1cccn1. The molecule has 0 bridgehead atoms. The van der Waals surface area contributed by atoms with Crippen molar-refractivity contribution in [2.24, 2.45) is 17.6 Å². The van der Waals surface area contributed by atoms with Gasteiger partial charge in [0.15, 0.2) is 0 Å². The Balaban J connectivity index is 2.10. The number of aromatic nitrogens is 2. The zero-order valence-corrected chi connectivity index (χ0v) is 9.69. The molecular weight excluding hydrogens is 188 g/mol. The Morgan fingerprint density at radius 2 is 2.27 bits per heavy atom. The smallest absolute Gasteiger partial charge is 0.0533 e.